The zero-order valence-electron chi connectivity index (χ0n) is 17.6. The van der Waals surface area contributed by atoms with Crippen LogP contribution in [0.1, 0.15) is 94.6 Å². The molecule has 0 bridgehead atoms. The molecule has 0 heterocycles. The summed E-state index contributed by atoms with van der Waals surface area (Å²) in [6.45, 7) is 2.26. The van der Waals surface area contributed by atoms with E-state index < -0.39 is 0 Å². The molecule has 0 amide bonds. The highest BCUT2D eigenvalue weighted by molar-refractivity contribution is 5.35. The van der Waals surface area contributed by atoms with Crippen molar-refractivity contribution in [1.29, 1.82) is 0 Å². The second-order valence-electron chi connectivity index (χ2n) is 8.04. The number of hydrogen-bond acceptors (Lipinski definition) is 2. The van der Waals surface area contributed by atoms with E-state index in [0.29, 0.717) is 17.4 Å². The fourth-order valence-electron chi connectivity index (χ4n) is 4.07. The van der Waals surface area contributed by atoms with Crippen LogP contribution in [0.4, 0.5) is 0 Å². The maximum Gasteiger partial charge on any atom is 0.119 e. The van der Waals surface area contributed by atoms with Gasteiger partial charge in [-0.3, -0.25) is 0 Å². The third-order valence-corrected chi connectivity index (χ3v) is 5.77. The SMILES string of the molecule is CCCCCCCCCCC(CCCc1ccccc1O)c1ccccc1O. The van der Waals surface area contributed by atoms with Gasteiger partial charge in [-0.1, -0.05) is 94.7 Å². The van der Waals surface area contributed by atoms with Crippen molar-refractivity contribution in [3.05, 3.63) is 59.7 Å². The van der Waals surface area contributed by atoms with Crippen molar-refractivity contribution in [3.8, 4) is 11.5 Å². The van der Waals surface area contributed by atoms with Crippen LogP contribution in [0.15, 0.2) is 48.5 Å². The molecule has 2 rings (SSSR count). The quantitative estimate of drug-likeness (QED) is 0.328. The highest BCUT2D eigenvalue weighted by Gasteiger charge is 2.15. The Bertz CT molecular complexity index is 665. The summed E-state index contributed by atoms with van der Waals surface area (Å²) in [6, 6.07) is 15.4. The summed E-state index contributed by atoms with van der Waals surface area (Å²) in [6.07, 6.45) is 14.7. The molecule has 0 saturated carbocycles. The first-order valence-electron chi connectivity index (χ1n) is 11.3. The molecule has 2 heteroatoms. The average Bonchev–Trinajstić information content (AvgIpc) is 2.70. The van der Waals surface area contributed by atoms with Crippen molar-refractivity contribution < 1.29 is 10.2 Å². The molecule has 0 aliphatic rings. The molecule has 0 radical (unpaired) electrons. The number of unbranched alkanes of at least 4 members (excludes halogenated alkanes) is 7. The third kappa shape index (κ3) is 7.96. The zero-order valence-corrected chi connectivity index (χ0v) is 17.6. The van der Waals surface area contributed by atoms with Gasteiger partial charge in [0.2, 0.25) is 0 Å². The van der Waals surface area contributed by atoms with Gasteiger partial charge in [0.1, 0.15) is 11.5 Å². The summed E-state index contributed by atoms with van der Waals surface area (Å²) in [5.41, 5.74) is 2.10. The van der Waals surface area contributed by atoms with Crippen molar-refractivity contribution in [2.75, 3.05) is 0 Å². The van der Waals surface area contributed by atoms with Crippen LogP contribution in [-0.2, 0) is 6.42 Å². The Morgan fingerprint density at radius 3 is 1.89 bits per heavy atom. The minimum Gasteiger partial charge on any atom is -0.508 e. The molecule has 0 spiro atoms. The molecule has 28 heavy (non-hydrogen) atoms. The normalized spacial score (nSPS) is 12.2. The largest absolute Gasteiger partial charge is 0.508 e. The van der Waals surface area contributed by atoms with Crippen LogP contribution in [0.25, 0.3) is 0 Å². The Balaban J connectivity index is 1.81. The van der Waals surface area contributed by atoms with Crippen molar-refractivity contribution in [2.45, 2.75) is 89.9 Å². The van der Waals surface area contributed by atoms with Gasteiger partial charge in [0.25, 0.3) is 0 Å². The first-order valence-corrected chi connectivity index (χ1v) is 11.3. The fraction of sp³-hybridized carbons (Fsp3) is 0.538. The van der Waals surface area contributed by atoms with Gasteiger partial charge in [0.15, 0.2) is 0 Å². The standard InChI is InChI=1S/C26H38O2/c1-2-3-4-5-6-7-8-9-15-22(24-19-11-13-21-26(24)28)17-14-18-23-16-10-12-20-25(23)27/h10-13,16,19-22,27-28H,2-9,14-15,17-18H2,1H3. The minimum absolute atomic E-state index is 0.393. The van der Waals surface area contributed by atoms with Gasteiger partial charge >= 0.3 is 0 Å². The Labute approximate surface area is 171 Å². The van der Waals surface area contributed by atoms with Gasteiger partial charge in [0, 0.05) is 0 Å². The Hall–Kier alpha value is -1.96. The van der Waals surface area contributed by atoms with Crippen LogP contribution in [0.5, 0.6) is 11.5 Å². The van der Waals surface area contributed by atoms with Crippen molar-refractivity contribution in [2.24, 2.45) is 0 Å². The predicted octanol–water partition coefficient (Wildman–Crippen LogP) is 7.74. The van der Waals surface area contributed by atoms with E-state index >= 15 is 0 Å². The lowest BCUT2D eigenvalue weighted by Gasteiger charge is -2.19. The van der Waals surface area contributed by atoms with Gasteiger partial charge < -0.3 is 10.2 Å². The summed E-state index contributed by atoms with van der Waals surface area (Å²) in [4.78, 5) is 0. The zero-order chi connectivity index (χ0) is 20.0. The first kappa shape index (κ1) is 22.3. The third-order valence-electron chi connectivity index (χ3n) is 5.77. The monoisotopic (exact) mass is 382 g/mol. The molecule has 2 aromatic carbocycles. The maximum absolute atomic E-state index is 10.3. The lowest BCUT2D eigenvalue weighted by atomic mass is 9.87. The molecule has 2 N–H and O–H groups in total. The van der Waals surface area contributed by atoms with E-state index in [4.69, 9.17) is 0 Å². The van der Waals surface area contributed by atoms with Gasteiger partial charge in [-0.15, -0.1) is 0 Å². The van der Waals surface area contributed by atoms with Gasteiger partial charge in [-0.05, 0) is 54.9 Å². The van der Waals surface area contributed by atoms with E-state index in [2.05, 4.69) is 13.0 Å². The number of phenols is 2. The van der Waals surface area contributed by atoms with E-state index in [0.717, 1.165) is 36.8 Å². The fourth-order valence-corrected chi connectivity index (χ4v) is 4.07. The molecular weight excluding hydrogens is 344 g/mol. The molecule has 1 atom stereocenters. The summed E-state index contributed by atoms with van der Waals surface area (Å²) < 4.78 is 0. The smallest absolute Gasteiger partial charge is 0.119 e. The van der Waals surface area contributed by atoms with Crippen molar-refractivity contribution in [1.82, 2.24) is 0 Å². The van der Waals surface area contributed by atoms with Crippen LogP contribution in [-0.4, -0.2) is 10.2 Å². The highest BCUT2D eigenvalue weighted by Crippen LogP contribution is 2.34. The number of rotatable bonds is 14. The first-order chi connectivity index (χ1) is 13.7. The van der Waals surface area contributed by atoms with Crippen molar-refractivity contribution in [3.63, 3.8) is 0 Å². The molecular formula is C26H38O2. The van der Waals surface area contributed by atoms with E-state index in [-0.39, 0.29) is 0 Å². The Morgan fingerprint density at radius 1 is 0.643 bits per heavy atom. The molecule has 0 aromatic heterocycles. The minimum atomic E-state index is 0.393. The van der Waals surface area contributed by atoms with E-state index in [1.165, 1.54) is 51.4 Å². The summed E-state index contributed by atoms with van der Waals surface area (Å²) in [5.74, 6) is 1.21. The summed E-state index contributed by atoms with van der Waals surface area (Å²) in [5, 5.41) is 20.3. The van der Waals surface area contributed by atoms with Crippen LogP contribution >= 0.6 is 0 Å². The molecule has 0 saturated heterocycles. The second-order valence-corrected chi connectivity index (χ2v) is 8.04. The van der Waals surface area contributed by atoms with Gasteiger partial charge in [0.05, 0.1) is 0 Å². The molecule has 1 unspecified atom stereocenters. The van der Waals surface area contributed by atoms with E-state index in [1.807, 2.05) is 30.3 Å². The Kier molecular flexibility index (Phi) is 10.6. The van der Waals surface area contributed by atoms with Crippen molar-refractivity contribution >= 4 is 0 Å². The van der Waals surface area contributed by atoms with Crippen LogP contribution < -0.4 is 0 Å². The second kappa shape index (κ2) is 13.3. The van der Waals surface area contributed by atoms with Crippen LogP contribution in [0.2, 0.25) is 0 Å². The van der Waals surface area contributed by atoms with Gasteiger partial charge in [-0.25, -0.2) is 0 Å². The van der Waals surface area contributed by atoms with Gasteiger partial charge in [-0.2, -0.15) is 0 Å². The number of phenolic OH excluding ortho intramolecular Hbond substituents is 2. The number of aromatic hydroxyl groups is 2. The molecule has 154 valence electrons. The predicted molar refractivity (Wildman–Crippen MR) is 119 cm³/mol. The number of benzene rings is 2. The highest BCUT2D eigenvalue weighted by atomic mass is 16.3. The topological polar surface area (TPSA) is 40.5 Å². The maximum atomic E-state index is 10.3. The average molecular weight is 383 g/mol. The summed E-state index contributed by atoms with van der Waals surface area (Å²) in [7, 11) is 0. The number of aryl methyl sites for hydroxylation is 1. The molecule has 0 fully saturated rings. The molecule has 2 nitrogen and oxygen atoms in total. The number of para-hydroxylation sites is 2. The Morgan fingerprint density at radius 2 is 1.21 bits per heavy atom. The van der Waals surface area contributed by atoms with E-state index in [9.17, 15) is 10.2 Å². The molecule has 0 aliphatic carbocycles. The summed E-state index contributed by atoms with van der Waals surface area (Å²) >= 11 is 0. The van der Waals surface area contributed by atoms with E-state index in [1.54, 1.807) is 12.1 Å². The number of hydrogen-bond donors (Lipinski definition) is 2. The lowest BCUT2D eigenvalue weighted by molar-refractivity contribution is 0.439. The lowest BCUT2D eigenvalue weighted by Crippen LogP contribution is -2.01. The van der Waals surface area contributed by atoms with Crippen LogP contribution in [0, 0.1) is 0 Å². The van der Waals surface area contributed by atoms with Crippen LogP contribution in [0.3, 0.4) is 0 Å². The molecule has 0 aliphatic heterocycles. The molecule has 2 aromatic rings.